The van der Waals surface area contributed by atoms with Gasteiger partial charge in [-0.05, 0) is 76.2 Å². The van der Waals surface area contributed by atoms with Crippen LogP contribution < -0.4 is 32.6 Å². The fourth-order valence-electron chi connectivity index (χ4n) is 3.92. The van der Waals surface area contributed by atoms with Crippen LogP contribution in [0.2, 0.25) is 0 Å². The third kappa shape index (κ3) is 6.37. The van der Waals surface area contributed by atoms with Gasteiger partial charge in [-0.1, -0.05) is 0 Å². The second-order valence-corrected chi connectivity index (χ2v) is 12.6. The minimum atomic E-state index is -0.701. The fourth-order valence-corrected chi connectivity index (χ4v) is 8.15. The maximum absolute atomic E-state index is 5.80. The summed E-state index contributed by atoms with van der Waals surface area (Å²) in [4.78, 5) is 0. The van der Waals surface area contributed by atoms with Gasteiger partial charge in [0.05, 0.1) is 0 Å². The van der Waals surface area contributed by atoms with Gasteiger partial charge < -0.3 is 17.7 Å². The van der Waals surface area contributed by atoms with Crippen molar-refractivity contribution in [3.63, 3.8) is 0 Å². The first-order valence-corrected chi connectivity index (χ1v) is 14.5. The summed E-state index contributed by atoms with van der Waals surface area (Å²) in [7, 11) is -1.40. The van der Waals surface area contributed by atoms with Crippen LogP contribution in [0.4, 0.5) is 0 Å². The van der Waals surface area contributed by atoms with Crippen molar-refractivity contribution in [3.05, 3.63) is 120 Å². The molecule has 4 nitrogen and oxygen atoms in total. The van der Waals surface area contributed by atoms with Gasteiger partial charge in [0.2, 0.25) is 0 Å². The molecule has 190 valence electrons. The molecule has 37 heavy (non-hydrogen) atoms. The standard InChI is InChI=1S/2C15H14O2P.Fe/c2*1-11-7-9-14(16-11)18(13-5-3-4-6-13)15-10-8-12(2)17-15;/h2*3-10H,1-2H3;/q2*-1;+2. The topological polar surface area (TPSA) is 52.6 Å². The van der Waals surface area contributed by atoms with E-state index in [-0.39, 0.29) is 17.1 Å². The van der Waals surface area contributed by atoms with Crippen molar-refractivity contribution in [1.29, 1.82) is 0 Å². The fraction of sp³-hybridized carbons (Fsp3) is 0.133. The third-order valence-electron chi connectivity index (χ3n) is 5.59. The average molecular weight is 570 g/mol. The summed E-state index contributed by atoms with van der Waals surface area (Å²) in [6.45, 7) is 7.87. The number of hydrogen-bond donors (Lipinski definition) is 0. The Labute approximate surface area is 230 Å². The summed E-state index contributed by atoms with van der Waals surface area (Å²) in [5.74, 6) is 3.75. The first-order chi connectivity index (χ1) is 17.5. The Kier molecular flexibility index (Phi) is 8.95. The summed E-state index contributed by atoms with van der Waals surface area (Å²) < 4.78 is 23.2. The van der Waals surface area contributed by atoms with Gasteiger partial charge in [-0.3, -0.25) is 0 Å². The molecule has 0 aliphatic rings. The van der Waals surface area contributed by atoms with Crippen LogP contribution in [0, 0.1) is 27.7 Å². The van der Waals surface area contributed by atoms with Crippen molar-refractivity contribution in [2.45, 2.75) is 27.7 Å². The monoisotopic (exact) mass is 570 g/mol. The van der Waals surface area contributed by atoms with Crippen molar-refractivity contribution >= 4 is 48.5 Å². The van der Waals surface area contributed by atoms with Gasteiger partial charge in [-0.2, -0.15) is 24.3 Å². The number of hydrogen-bond acceptors (Lipinski definition) is 4. The third-order valence-corrected chi connectivity index (χ3v) is 9.95. The number of aryl methyl sites for hydroxylation is 4. The van der Waals surface area contributed by atoms with E-state index < -0.39 is 15.8 Å². The largest absolute Gasteiger partial charge is 2.00 e. The first-order valence-electron chi connectivity index (χ1n) is 11.8. The Morgan fingerprint density at radius 1 is 0.432 bits per heavy atom. The van der Waals surface area contributed by atoms with Crippen LogP contribution in [0.25, 0.3) is 0 Å². The van der Waals surface area contributed by atoms with Crippen LogP contribution in [0.5, 0.6) is 0 Å². The Morgan fingerprint density at radius 3 is 0.865 bits per heavy atom. The Hall–Kier alpha value is -2.80. The molecule has 7 heteroatoms. The van der Waals surface area contributed by atoms with E-state index in [0.29, 0.717) is 0 Å². The van der Waals surface area contributed by atoms with E-state index in [1.54, 1.807) is 0 Å². The number of furan rings is 4. The molecular formula is C30H28FeO4P2. The zero-order chi connectivity index (χ0) is 25.1. The molecule has 0 aliphatic heterocycles. The molecule has 0 bridgehead atoms. The van der Waals surface area contributed by atoms with E-state index >= 15 is 0 Å². The summed E-state index contributed by atoms with van der Waals surface area (Å²) in [5, 5.41) is 2.52. The normalized spacial score (nSPS) is 11.0. The van der Waals surface area contributed by atoms with Crippen molar-refractivity contribution in [1.82, 2.24) is 0 Å². The quantitative estimate of drug-likeness (QED) is 0.142. The molecule has 0 saturated carbocycles. The van der Waals surface area contributed by atoms with Crippen LogP contribution in [0.1, 0.15) is 23.0 Å². The zero-order valence-electron chi connectivity index (χ0n) is 21.1. The van der Waals surface area contributed by atoms with Crippen LogP contribution in [-0.2, 0) is 17.1 Å². The molecule has 2 aromatic carbocycles. The Bertz CT molecular complexity index is 1300. The molecule has 0 unspecified atom stereocenters. The Balaban J connectivity index is 0.000000168. The second-order valence-electron chi connectivity index (χ2n) is 8.49. The SMILES string of the molecule is Cc1ccc(P(c2ccc(C)o2)[c-]2cccc2)o1.Cc1ccc(P(c2ccc(C)o2)[c-]2cccc2)o1.[Fe+2]. The molecule has 0 spiro atoms. The summed E-state index contributed by atoms with van der Waals surface area (Å²) in [5.41, 5.74) is 3.96. The molecule has 4 heterocycles. The molecule has 0 fully saturated rings. The molecule has 6 aromatic rings. The predicted octanol–water partition coefficient (Wildman–Crippen LogP) is 5.93. The van der Waals surface area contributed by atoms with Crippen LogP contribution in [-0.4, -0.2) is 0 Å². The minimum Gasteiger partial charge on any atom is -0.462 e. The van der Waals surface area contributed by atoms with E-state index in [9.17, 15) is 0 Å². The number of rotatable bonds is 6. The summed E-state index contributed by atoms with van der Waals surface area (Å²) in [6, 6.07) is 32.9. The van der Waals surface area contributed by atoms with Gasteiger partial charge in [-0.15, -0.1) is 10.6 Å². The summed E-state index contributed by atoms with van der Waals surface area (Å²) >= 11 is 0. The average Bonchev–Trinajstić information content (AvgIpc) is 3.66. The molecule has 6 rings (SSSR count). The van der Waals surface area contributed by atoms with Gasteiger partial charge in [0.15, 0.2) is 0 Å². The molecular weight excluding hydrogens is 542 g/mol. The van der Waals surface area contributed by atoms with E-state index in [0.717, 1.165) is 45.0 Å². The zero-order valence-corrected chi connectivity index (χ0v) is 24.0. The van der Waals surface area contributed by atoms with Crippen LogP contribution >= 0.6 is 15.8 Å². The van der Waals surface area contributed by atoms with E-state index in [1.807, 2.05) is 76.2 Å². The van der Waals surface area contributed by atoms with Crippen molar-refractivity contribution < 1.29 is 34.7 Å². The van der Waals surface area contributed by atoms with Gasteiger partial charge in [0, 0.05) is 15.8 Å². The van der Waals surface area contributed by atoms with Gasteiger partial charge in [0.25, 0.3) is 0 Å². The minimum absolute atomic E-state index is 0. The summed E-state index contributed by atoms with van der Waals surface area (Å²) in [6.07, 6.45) is 0. The van der Waals surface area contributed by atoms with Crippen LogP contribution in [0.3, 0.4) is 0 Å². The van der Waals surface area contributed by atoms with E-state index in [2.05, 4.69) is 48.5 Å². The first kappa shape index (κ1) is 27.2. The maximum Gasteiger partial charge on any atom is 2.00 e. The van der Waals surface area contributed by atoms with Crippen molar-refractivity contribution in [2.75, 3.05) is 0 Å². The Morgan fingerprint density at radius 2 is 0.676 bits per heavy atom. The molecule has 0 atom stereocenters. The van der Waals surface area contributed by atoms with Gasteiger partial charge >= 0.3 is 17.1 Å². The molecule has 4 aromatic heterocycles. The van der Waals surface area contributed by atoms with Crippen LogP contribution in [0.15, 0.2) is 115 Å². The van der Waals surface area contributed by atoms with E-state index in [1.165, 1.54) is 10.6 Å². The van der Waals surface area contributed by atoms with Crippen molar-refractivity contribution in [3.8, 4) is 0 Å². The molecule has 0 N–H and O–H groups in total. The molecule has 0 amide bonds. The van der Waals surface area contributed by atoms with Gasteiger partial charge in [0.1, 0.15) is 45.0 Å². The van der Waals surface area contributed by atoms with Crippen molar-refractivity contribution in [2.24, 2.45) is 0 Å². The smallest absolute Gasteiger partial charge is 0.462 e. The second kappa shape index (κ2) is 12.2. The van der Waals surface area contributed by atoms with E-state index in [4.69, 9.17) is 17.7 Å². The molecule has 0 aliphatic carbocycles. The van der Waals surface area contributed by atoms with Gasteiger partial charge in [-0.25, -0.2) is 24.3 Å². The molecule has 0 saturated heterocycles. The maximum atomic E-state index is 5.80. The molecule has 0 radical (unpaired) electrons. The predicted molar refractivity (Wildman–Crippen MR) is 149 cm³/mol.